The second kappa shape index (κ2) is 7.22. The van der Waals surface area contributed by atoms with E-state index in [4.69, 9.17) is 0 Å². The van der Waals surface area contributed by atoms with E-state index < -0.39 is 18.6 Å². The number of hydrogen-bond acceptors (Lipinski definition) is 2. The molecule has 0 aliphatic rings. The lowest BCUT2D eigenvalue weighted by atomic mass is 10.0. The highest BCUT2D eigenvalue weighted by Crippen LogP contribution is 2.29. The third-order valence-electron chi connectivity index (χ3n) is 3.16. The Morgan fingerprint density at radius 3 is 2.43 bits per heavy atom. The van der Waals surface area contributed by atoms with E-state index in [1.807, 2.05) is 12.1 Å². The molecule has 21 heavy (non-hydrogen) atoms. The minimum absolute atomic E-state index is 0.474. The molecule has 2 rings (SSSR count). The fourth-order valence-electron chi connectivity index (χ4n) is 2.16. The van der Waals surface area contributed by atoms with Crippen LogP contribution in [0.25, 0.3) is 0 Å². The Labute approximate surface area is 122 Å². The quantitative estimate of drug-likeness (QED) is 0.874. The number of alkyl halides is 3. The minimum Gasteiger partial charge on any atom is -0.309 e. The summed E-state index contributed by atoms with van der Waals surface area (Å²) in [5, 5.41) is 2.99. The summed E-state index contributed by atoms with van der Waals surface area (Å²) in [6.07, 6.45) is -1.02. The summed E-state index contributed by atoms with van der Waals surface area (Å²) in [5.74, 6) is 0. The van der Waals surface area contributed by atoms with E-state index in [2.05, 4.69) is 10.3 Å². The molecule has 1 aromatic carbocycles. The van der Waals surface area contributed by atoms with Crippen LogP contribution in [0.2, 0.25) is 0 Å². The van der Waals surface area contributed by atoms with Crippen molar-refractivity contribution in [1.29, 1.82) is 0 Å². The Morgan fingerprint density at radius 1 is 1.05 bits per heavy atom. The van der Waals surface area contributed by atoms with Crippen molar-refractivity contribution in [3.8, 4) is 0 Å². The molecule has 0 aliphatic carbocycles. The zero-order valence-corrected chi connectivity index (χ0v) is 11.5. The van der Waals surface area contributed by atoms with Gasteiger partial charge in [-0.25, -0.2) is 0 Å². The number of pyridine rings is 1. The number of aromatic nitrogens is 1. The lowest BCUT2D eigenvalue weighted by Gasteiger charge is -2.20. The van der Waals surface area contributed by atoms with Crippen molar-refractivity contribution >= 4 is 0 Å². The van der Waals surface area contributed by atoms with Gasteiger partial charge in [0.1, 0.15) is 0 Å². The molecule has 0 saturated carbocycles. The van der Waals surface area contributed by atoms with Crippen molar-refractivity contribution in [3.63, 3.8) is 0 Å². The fraction of sp³-hybridized carbons (Fsp3) is 0.312. The Kier molecular flexibility index (Phi) is 5.33. The average molecular weight is 294 g/mol. The zero-order valence-electron chi connectivity index (χ0n) is 11.5. The first kappa shape index (κ1) is 15.5. The van der Waals surface area contributed by atoms with Crippen molar-refractivity contribution in [1.82, 2.24) is 10.3 Å². The molecule has 1 aromatic heterocycles. The van der Waals surface area contributed by atoms with Crippen LogP contribution < -0.4 is 5.32 Å². The zero-order chi connectivity index (χ0) is 15.1. The van der Waals surface area contributed by atoms with Gasteiger partial charge in [0.05, 0.1) is 6.42 Å². The molecule has 2 aromatic rings. The average Bonchev–Trinajstić information content (AvgIpc) is 2.47. The highest BCUT2D eigenvalue weighted by Gasteiger charge is 2.32. The molecule has 0 bridgehead atoms. The minimum atomic E-state index is -4.19. The molecule has 0 fully saturated rings. The van der Waals surface area contributed by atoms with Gasteiger partial charge in [-0.2, -0.15) is 13.2 Å². The van der Waals surface area contributed by atoms with Crippen LogP contribution in [0.1, 0.15) is 23.6 Å². The van der Waals surface area contributed by atoms with Gasteiger partial charge >= 0.3 is 6.18 Å². The van der Waals surface area contributed by atoms with Gasteiger partial charge in [0.2, 0.25) is 0 Å². The summed E-state index contributed by atoms with van der Waals surface area (Å²) < 4.78 is 38.1. The normalized spacial score (nSPS) is 13.1. The molecule has 0 aliphatic heterocycles. The van der Waals surface area contributed by atoms with Crippen molar-refractivity contribution in [2.75, 3.05) is 6.54 Å². The lowest BCUT2D eigenvalue weighted by Crippen LogP contribution is -2.28. The third kappa shape index (κ3) is 5.55. The van der Waals surface area contributed by atoms with Crippen molar-refractivity contribution in [2.45, 2.75) is 25.1 Å². The first-order valence-electron chi connectivity index (χ1n) is 6.78. The second-order valence-electron chi connectivity index (χ2n) is 4.85. The molecule has 1 heterocycles. The van der Waals surface area contributed by atoms with Gasteiger partial charge in [-0.15, -0.1) is 0 Å². The van der Waals surface area contributed by atoms with Crippen LogP contribution in [0.3, 0.4) is 0 Å². The van der Waals surface area contributed by atoms with Gasteiger partial charge in [0.15, 0.2) is 0 Å². The van der Waals surface area contributed by atoms with Crippen LogP contribution >= 0.6 is 0 Å². The maximum absolute atomic E-state index is 12.7. The Bertz CT molecular complexity index is 526. The molecule has 1 atom stereocenters. The summed E-state index contributed by atoms with van der Waals surface area (Å²) in [5.41, 5.74) is 1.66. The molecule has 1 N–H and O–H groups in total. The van der Waals surface area contributed by atoms with E-state index in [-0.39, 0.29) is 0 Å². The van der Waals surface area contributed by atoms with Crippen molar-refractivity contribution < 1.29 is 13.2 Å². The first-order chi connectivity index (χ1) is 10.0. The molecule has 1 unspecified atom stereocenters. The Balaban J connectivity index is 1.96. The predicted molar refractivity (Wildman–Crippen MR) is 75.8 cm³/mol. The summed E-state index contributed by atoms with van der Waals surface area (Å²) in [6, 6.07) is 11.7. The summed E-state index contributed by atoms with van der Waals surface area (Å²) in [7, 11) is 0. The van der Waals surface area contributed by atoms with Gasteiger partial charge in [0.25, 0.3) is 0 Å². The highest BCUT2D eigenvalue weighted by molar-refractivity contribution is 5.19. The number of halogens is 3. The van der Waals surface area contributed by atoms with Gasteiger partial charge in [-0.1, -0.05) is 36.4 Å². The first-order valence-corrected chi connectivity index (χ1v) is 6.78. The smallest absolute Gasteiger partial charge is 0.309 e. The van der Waals surface area contributed by atoms with Gasteiger partial charge in [-0.05, 0) is 30.2 Å². The van der Waals surface area contributed by atoms with Crippen LogP contribution in [0, 0.1) is 0 Å². The predicted octanol–water partition coefficient (Wildman–Crippen LogP) is 3.91. The van der Waals surface area contributed by atoms with E-state index in [1.54, 1.807) is 42.7 Å². The summed E-state index contributed by atoms with van der Waals surface area (Å²) >= 11 is 0. The number of nitrogens with one attached hydrogen (secondary N) is 1. The molecule has 0 radical (unpaired) electrons. The van der Waals surface area contributed by atoms with E-state index in [0.29, 0.717) is 18.5 Å². The largest absolute Gasteiger partial charge is 0.390 e. The second-order valence-corrected chi connectivity index (χ2v) is 4.85. The molecule has 5 heteroatoms. The Hall–Kier alpha value is -1.88. The van der Waals surface area contributed by atoms with Gasteiger partial charge < -0.3 is 5.32 Å². The van der Waals surface area contributed by atoms with Crippen LogP contribution in [0.5, 0.6) is 0 Å². The monoisotopic (exact) mass is 294 g/mol. The van der Waals surface area contributed by atoms with E-state index >= 15 is 0 Å². The Morgan fingerprint density at radius 2 is 1.81 bits per heavy atom. The van der Waals surface area contributed by atoms with E-state index in [1.165, 1.54) is 0 Å². The molecule has 0 saturated heterocycles. The molecule has 0 spiro atoms. The topological polar surface area (TPSA) is 24.9 Å². The summed E-state index contributed by atoms with van der Waals surface area (Å²) in [4.78, 5) is 3.99. The maximum Gasteiger partial charge on any atom is 0.390 e. The fourth-order valence-corrected chi connectivity index (χ4v) is 2.16. The highest BCUT2D eigenvalue weighted by atomic mass is 19.4. The van der Waals surface area contributed by atoms with Crippen LogP contribution in [-0.4, -0.2) is 17.7 Å². The number of hydrogen-bond donors (Lipinski definition) is 1. The maximum atomic E-state index is 12.7. The van der Waals surface area contributed by atoms with Crippen molar-refractivity contribution in [3.05, 3.63) is 66.0 Å². The van der Waals surface area contributed by atoms with Gasteiger partial charge in [0, 0.05) is 18.4 Å². The number of rotatable bonds is 6. The lowest BCUT2D eigenvalue weighted by molar-refractivity contribution is -0.140. The molecular formula is C16H17F3N2. The molecule has 0 amide bonds. The number of nitrogens with zero attached hydrogens (tertiary/aromatic N) is 1. The van der Waals surface area contributed by atoms with Gasteiger partial charge in [-0.3, -0.25) is 4.98 Å². The third-order valence-corrected chi connectivity index (χ3v) is 3.16. The molecular weight excluding hydrogens is 277 g/mol. The van der Waals surface area contributed by atoms with E-state index in [9.17, 15) is 13.2 Å². The van der Waals surface area contributed by atoms with E-state index in [0.717, 1.165) is 5.56 Å². The SMILES string of the molecule is FC(F)(F)CC(NCCc1cccnc1)c1ccccc1. The number of benzene rings is 1. The van der Waals surface area contributed by atoms with Crippen LogP contribution in [0.4, 0.5) is 13.2 Å². The van der Waals surface area contributed by atoms with Crippen LogP contribution in [-0.2, 0) is 6.42 Å². The summed E-state index contributed by atoms with van der Waals surface area (Å²) in [6.45, 7) is 0.474. The van der Waals surface area contributed by atoms with Crippen molar-refractivity contribution in [2.24, 2.45) is 0 Å². The van der Waals surface area contributed by atoms with Crippen LogP contribution in [0.15, 0.2) is 54.9 Å². The standard InChI is InChI=1S/C16H17F3N2/c17-16(18,19)11-15(14-6-2-1-3-7-14)21-10-8-13-5-4-9-20-12-13/h1-7,9,12,15,21H,8,10-11H2. The molecule has 112 valence electrons. The molecule has 2 nitrogen and oxygen atoms in total.